The van der Waals surface area contributed by atoms with Gasteiger partial charge in [-0.2, -0.15) is 13.2 Å². The molecule has 1 aromatic rings. The van der Waals surface area contributed by atoms with E-state index in [1.165, 1.54) is 12.1 Å². The van der Waals surface area contributed by atoms with Crippen molar-refractivity contribution in [1.29, 1.82) is 0 Å². The van der Waals surface area contributed by atoms with Crippen molar-refractivity contribution in [1.82, 2.24) is 5.32 Å². The fourth-order valence-electron chi connectivity index (χ4n) is 1.17. The second-order valence-corrected chi connectivity index (χ2v) is 5.03. The van der Waals surface area contributed by atoms with Gasteiger partial charge in [-0.15, -0.1) is 0 Å². The summed E-state index contributed by atoms with van der Waals surface area (Å²) < 4.78 is 51.3. The van der Waals surface area contributed by atoms with E-state index in [2.05, 4.69) is 15.9 Å². The van der Waals surface area contributed by atoms with Crippen LogP contribution in [0.3, 0.4) is 0 Å². The Balaban J connectivity index is 2.77. The second-order valence-electron chi connectivity index (χ2n) is 4.12. The molecule has 0 saturated heterocycles. The number of halogens is 5. The van der Waals surface area contributed by atoms with Crippen LogP contribution in [0.2, 0.25) is 0 Å². The third-order valence-electron chi connectivity index (χ3n) is 2.51. The number of rotatable bonds is 3. The van der Waals surface area contributed by atoms with Gasteiger partial charge < -0.3 is 11.1 Å². The molecule has 0 spiro atoms. The molecule has 1 rings (SSSR count). The minimum atomic E-state index is -4.88. The molecule has 0 aliphatic heterocycles. The molecule has 8 heteroatoms. The molecule has 1 unspecified atom stereocenters. The quantitative estimate of drug-likeness (QED) is 0.829. The van der Waals surface area contributed by atoms with Gasteiger partial charge in [-0.3, -0.25) is 4.79 Å². The van der Waals surface area contributed by atoms with Gasteiger partial charge in [-0.25, -0.2) is 4.39 Å². The van der Waals surface area contributed by atoms with Crippen LogP contribution in [0.1, 0.15) is 12.5 Å². The first-order chi connectivity index (χ1) is 8.55. The summed E-state index contributed by atoms with van der Waals surface area (Å²) in [5, 5.41) is 1.97. The first kappa shape index (κ1) is 15.9. The van der Waals surface area contributed by atoms with E-state index in [1.807, 2.05) is 5.32 Å². The zero-order valence-electron chi connectivity index (χ0n) is 9.81. The molecule has 0 saturated carbocycles. The average Bonchev–Trinajstić information content (AvgIpc) is 2.28. The molecule has 3 nitrogen and oxygen atoms in total. The molecule has 0 aliphatic carbocycles. The van der Waals surface area contributed by atoms with Gasteiger partial charge in [0, 0.05) is 16.6 Å². The molecule has 106 valence electrons. The molecule has 0 heterocycles. The minimum absolute atomic E-state index is 0.0562. The summed E-state index contributed by atoms with van der Waals surface area (Å²) in [6.07, 6.45) is -4.88. The number of carbonyl (C=O) groups excluding carboxylic acids is 1. The fourth-order valence-corrected chi connectivity index (χ4v) is 1.58. The number of nitrogens with one attached hydrogen (secondary N) is 1. The first-order valence-corrected chi connectivity index (χ1v) is 5.93. The Morgan fingerprint density at radius 2 is 2.00 bits per heavy atom. The Labute approximate surface area is 115 Å². The highest BCUT2D eigenvalue weighted by Gasteiger charge is 2.53. The van der Waals surface area contributed by atoms with Crippen LogP contribution < -0.4 is 11.1 Å². The first-order valence-electron chi connectivity index (χ1n) is 5.13. The molecule has 1 atom stereocenters. The van der Waals surface area contributed by atoms with Crippen molar-refractivity contribution in [2.24, 2.45) is 5.73 Å². The average molecular weight is 343 g/mol. The van der Waals surface area contributed by atoms with Crippen LogP contribution >= 0.6 is 15.9 Å². The predicted octanol–water partition coefficient (Wildman–Crippen LogP) is 2.48. The van der Waals surface area contributed by atoms with Gasteiger partial charge in [0.25, 0.3) is 0 Å². The molecule has 0 bridgehead atoms. The highest BCUT2D eigenvalue weighted by Crippen LogP contribution is 2.28. The molecular weight excluding hydrogens is 332 g/mol. The monoisotopic (exact) mass is 342 g/mol. The van der Waals surface area contributed by atoms with E-state index in [1.54, 1.807) is 0 Å². The molecule has 1 amide bonds. The Morgan fingerprint density at radius 1 is 1.42 bits per heavy atom. The molecular formula is C11H11BrF4N2O. The number of benzene rings is 1. The van der Waals surface area contributed by atoms with E-state index >= 15 is 0 Å². The van der Waals surface area contributed by atoms with Crippen LogP contribution in [0.5, 0.6) is 0 Å². The Bertz CT molecular complexity index is 488. The van der Waals surface area contributed by atoms with E-state index in [0.29, 0.717) is 11.4 Å². The Kier molecular flexibility index (Phi) is 4.57. The van der Waals surface area contributed by atoms with Gasteiger partial charge in [-0.05, 0) is 25.1 Å². The molecule has 0 radical (unpaired) electrons. The van der Waals surface area contributed by atoms with Crippen molar-refractivity contribution in [3.63, 3.8) is 0 Å². The van der Waals surface area contributed by atoms with Crippen molar-refractivity contribution >= 4 is 21.8 Å². The van der Waals surface area contributed by atoms with Crippen LogP contribution in [0.15, 0.2) is 22.7 Å². The van der Waals surface area contributed by atoms with Crippen molar-refractivity contribution in [2.75, 3.05) is 0 Å². The summed E-state index contributed by atoms with van der Waals surface area (Å²) in [7, 11) is 0. The van der Waals surface area contributed by atoms with E-state index in [4.69, 9.17) is 5.73 Å². The lowest BCUT2D eigenvalue weighted by atomic mass is 10.0. The maximum absolute atomic E-state index is 13.3. The summed E-state index contributed by atoms with van der Waals surface area (Å²) in [4.78, 5) is 11.4. The Hall–Kier alpha value is -1.15. The summed E-state index contributed by atoms with van der Waals surface area (Å²) in [6.45, 7) is 0.173. The maximum atomic E-state index is 13.3. The normalized spacial score (nSPS) is 14.9. The van der Waals surface area contributed by atoms with E-state index in [0.717, 1.165) is 6.07 Å². The van der Waals surface area contributed by atoms with Crippen molar-refractivity contribution in [2.45, 2.75) is 25.2 Å². The third kappa shape index (κ3) is 3.66. The number of alkyl halides is 3. The molecule has 3 N–H and O–H groups in total. The minimum Gasteiger partial charge on any atom is -0.350 e. The molecule has 0 aliphatic rings. The largest absolute Gasteiger partial charge is 0.415 e. The van der Waals surface area contributed by atoms with Crippen LogP contribution in [0, 0.1) is 5.82 Å². The molecule has 1 aromatic carbocycles. The Morgan fingerprint density at radius 3 is 2.53 bits per heavy atom. The lowest BCUT2D eigenvalue weighted by molar-refractivity contribution is -0.187. The zero-order chi connectivity index (χ0) is 14.8. The highest BCUT2D eigenvalue weighted by atomic mass is 79.9. The highest BCUT2D eigenvalue weighted by molar-refractivity contribution is 9.10. The van der Waals surface area contributed by atoms with E-state index in [-0.39, 0.29) is 12.1 Å². The topological polar surface area (TPSA) is 55.1 Å². The van der Waals surface area contributed by atoms with Gasteiger partial charge in [-0.1, -0.05) is 15.9 Å². The van der Waals surface area contributed by atoms with Crippen molar-refractivity contribution < 1.29 is 22.4 Å². The van der Waals surface area contributed by atoms with Gasteiger partial charge in [0.15, 0.2) is 5.54 Å². The SMILES string of the molecule is CC(N)(C(=O)NCc1cc(Br)ccc1F)C(F)(F)F. The molecule has 0 fully saturated rings. The lowest BCUT2D eigenvalue weighted by Crippen LogP contribution is -2.61. The number of hydrogen-bond acceptors (Lipinski definition) is 2. The van der Waals surface area contributed by atoms with Crippen LogP contribution in [0.25, 0.3) is 0 Å². The van der Waals surface area contributed by atoms with Gasteiger partial charge in [0.05, 0.1) is 0 Å². The summed E-state index contributed by atoms with van der Waals surface area (Å²) in [6, 6.07) is 3.93. The summed E-state index contributed by atoms with van der Waals surface area (Å²) in [5.74, 6) is -2.05. The van der Waals surface area contributed by atoms with Crippen molar-refractivity contribution in [3.8, 4) is 0 Å². The van der Waals surface area contributed by atoms with Gasteiger partial charge >= 0.3 is 6.18 Å². The number of hydrogen-bond donors (Lipinski definition) is 2. The maximum Gasteiger partial charge on any atom is 0.415 e. The van der Waals surface area contributed by atoms with Crippen molar-refractivity contribution in [3.05, 3.63) is 34.1 Å². The van der Waals surface area contributed by atoms with Gasteiger partial charge in [0.1, 0.15) is 5.82 Å². The summed E-state index contributed by atoms with van der Waals surface area (Å²) >= 11 is 3.09. The molecule has 19 heavy (non-hydrogen) atoms. The number of nitrogens with two attached hydrogens (primary N) is 1. The smallest absolute Gasteiger partial charge is 0.350 e. The third-order valence-corrected chi connectivity index (χ3v) is 3.00. The van der Waals surface area contributed by atoms with E-state index < -0.39 is 23.4 Å². The molecule has 0 aromatic heterocycles. The zero-order valence-corrected chi connectivity index (χ0v) is 11.4. The van der Waals surface area contributed by atoms with Crippen LogP contribution in [0.4, 0.5) is 17.6 Å². The predicted molar refractivity (Wildman–Crippen MR) is 64.6 cm³/mol. The fraction of sp³-hybridized carbons (Fsp3) is 0.364. The van der Waals surface area contributed by atoms with E-state index in [9.17, 15) is 22.4 Å². The number of amides is 1. The standard InChI is InChI=1S/C11H11BrF4N2O/c1-10(17,11(14,15)16)9(19)18-5-6-4-7(12)2-3-8(6)13/h2-4H,5,17H2,1H3,(H,18,19). The second kappa shape index (κ2) is 5.46. The van der Waals surface area contributed by atoms with Crippen LogP contribution in [-0.4, -0.2) is 17.6 Å². The lowest BCUT2D eigenvalue weighted by Gasteiger charge is -2.26. The van der Waals surface area contributed by atoms with Crippen LogP contribution in [-0.2, 0) is 11.3 Å². The van der Waals surface area contributed by atoms with Gasteiger partial charge in [0.2, 0.25) is 5.91 Å². The number of carbonyl (C=O) groups is 1. The summed E-state index contributed by atoms with van der Waals surface area (Å²) in [5.41, 5.74) is 1.97.